The minimum absolute atomic E-state index is 0.131. The molecular weight excluding hydrogens is 172 g/mol. The van der Waals surface area contributed by atoms with Crippen LogP contribution >= 0.6 is 12.6 Å². The third kappa shape index (κ3) is 1.23. The Morgan fingerprint density at radius 1 is 1.50 bits per heavy atom. The topological polar surface area (TPSA) is 23.6 Å². The highest BCUT2D eigenvalue weighted by molar-refractivity contribution is 7.81. The molecular formula is C8H14N2OS. The summed E-state index contributed by atoms with van der Waals surface area (Å²) < 4.78 is 0. The normalized spacial score (nSPS) is 37.2. The van der Waals surface area contributed by atoms with Crippen LogP contribution in [0, 0.1) is 0 Å². The monoisotopic (exact) mass is 186 g/mol. The number of piperazine rings is 1. The van der Waals surface area contributed by atoms with E-state index < -0.39 is 0 Å². The number of rotatable bonds is 0. The van der Waals surface area contributed by atoms with Gasteiger partial charge < -0.3 is 4.90 Å². The zero-order valence-corrected chi connectivity index (χ0v) is 8.13. The second kappa shape index (κ2) is 2.92. The molecule has 0 spiro atoms. The van der Waals surface area contributed by atoms with Crippen molar-refractivity contribution in [2.75, 3.05) is 26.7 Å². The van der Waals surface area contributed by atoms with Crippen LogP contribution in [0.3, 0.4) is 0 Å². The molecule has 2 saturated heterocycles. The minimum atomic E-state index is 0.131. The van der Waals surface area contributed by atoms with E-state index in [9.17, 15) is 4.79 Å². The van der Waals surface area contributed by atoms with Crippen LogP contribution in [0.2, 0.25) is 0 Å². The molecule has 0 aliphatic carbocycles. The molecule has 2 aliphatic rings. The summed E-state index contributed by atoms with van der Waals surface area (Å²) in [6, 6.07) is 0.131. The lowest BCUT2D eigenvalue weighted by atomic mass is 10.1. The molecule has 0 aromatic rings. The Balaban J connectivity index is 2.11. The van der Waals surface area contributed by atoms with Crippen molar-refractivity contribution in [3.8, 4) is 0 Å². The molecule has 2 fully saturated rings. The van der Waals surface area contributed by atoms with E-state index in [1.165, 1.54) is 0 Å². The number of carbonyl (C=O) groups excluding carboxylic acids is 1. The van der Waals surface area contributed by atoms with Crippen molar-refractivity contribution in [1.29, 1.82) is 0 Å². The second-order valence-electron chi connectivity index (χ2n) is 3.66. The van der Waals surface area contributed by atoms with Crippen molar-refractivity contribution in [3.63, 3.8) is 0 Å². The standard InChI is InChI=1S/C8H14N2OS/c1-9-2-3-10-5-6(12)4-7(10)8(9)11/h6-7,12H,2-5H2,1H3. The van der Waals surface area contributed by atoms with Crippen LogP contribution in [-0.2, 0) is 4.79 Å². The van der Waals surface area contributed by atoms with Gasteiger partial charge in [-0.3, -0.25) is 9.69 Å². The van der Waals surface area contributed by atoms with Gasteiger partial charge in [-0.2, -0.15) is 12.6 Å². The molecule has 3 nitrogen and oxygen atoms in total. The lowest BCUT2D eigenvalue weighted by Gasteiger charge is -2.34. The Kier molecular flexibility index (Phi) is 2.04. The predicted octanol–water partition coefficient (Wildman–Crippen LogP) is -0.169. The van der Waals surface area contributed by atoms with Crippen LogP contribution in [0.4, 0.5) is 0 Å². The molecule has 2 atom stereocenters. The Bertz CT molecular complexity index is 209. The smallest absolute Gasteiger partial charge is 0.239 e. The average molecular weight is 186 g/mol. The number of nitrogens with zero attached hydrogens (tertiary/aromatic N) is 2. The first-order valence-corrected chi connectivity index (χ1v) is 4.87. The van der Waals surface area contributed by atoms with E-state index >= 15 is 0 Å². The van der Waals surface area contributed by atoms with Crippen molar-refractivity contribution < 1.29 is 4.79 Å². The number of hydrogen-bond donors (Lipinski definition) is 1. The zero-order chi connectivity index (χ0) is 8.72. The molecule has 0 radical (unpaired) electrons. The van der Waals surface area contributed by atoms with Crippen LogP contribution in [0.1, 0.15) is 6.42 Å². The quantitative estimate of drug-likeness (QED) is 0.531. The predicted molar refractivity (Wildman–Crippen MR) is 50.4 cm³/mol. The van der Waals surface area contributed by atoms with Gasteiger partial charge in [-0.15, -0.1) is 0 Å². The Hall–Kier alpha value is -0.220. The van der Waals surface area contributed by atoms with E-state index in [1.807, 2.05) is 11.9 Å². The van der Waals surface area contributed by atoms with E-state index in [2.05, 4.69) is 17.5 Å². The summed E-state index contributed by atoms with van der Waals surface area (Å²) in [5.41, 5.74) is 0. The lowest BCUT2D eigenvalue weighted by molar-refractivity contribution is -0.138. The molecule has 0 N–H and O–H groups in total. The summed E-state index contributed by atoms with van der Waals surface area (Å²) in [6.45, 7) is 2.87. The highest BCUT2D eigenvalue weighted by atomic mass is 32.1. The molecule has 0 bridgehead atoms. The van der Waals surface area contributed by atoms with E-state index in [4.69, 9.17) is 0 Å². The summed E-state index contributed by atoms with van der Waals surface area (Å²) in [6.07, 6.45) is 0.923. The van der Waals surface area contributed by atoms with E-state index in [-0.39, 0.29) is 11.9 Å². The summed E-state index contributed by atoms with van der Waals surface area (Å²) in [5.74, 6) is 0.276. The molecule has 0 aromatic heterocycles. The summed E-state index contributed by atoms with van der Waals surface area (Å²) in [7, 11) is 1.88. The zero-order valence-electron chi connectivity index (χ0n) is 7.23. The molecule has 0 aromatic carbocycles. The summed E-state index contributed by atoms with van der Waals surface area (Å²) >= 11 is 4.40. The number of thiol groups is 1. The third-order valence-electron chi connectivity index (χ3n) is 2.77. The maximum absolute atomic E-state index is 11.6. The van der Waals surface area contributed by atoms with Crippen LogP contribution in [0.5, 0.6) is 0 Å². The van der Waals surface area contributed by atoms with Gasteiger partial charge in [0.2, 0.25) is 5.91 Å². The largest absolute Gasteiger partial charge is 0.343 e. The molecule has 2 unspecified atom stereocenters. The van der Waals surface area contributed by atoms with Gasteiger partial charge in [0.1, 0.15) is 0 Å². The molecule has 1 amide bonds. The Morgan fingerprint density at radius 2 is 2.25 bits per heavy atom. The fourth-order valence-electron chi connectivity index (χ4n) is 2.03. The first kappa shape index (κ1) is 8.38. The fourth-order valence-corrected chi connectivity index (χ4v) is 2.44. The van der Waals surface area contributed by atoms with Gasteiger partial charge in [0.05, 0.1) is 6.04 Å². The number of amides is 1. The lowest BCUT2D eigenvalue weighted by Crippen LogP contribution is -2.52. The van der Waals surface area contributed by atoms with E-state index in [0.717, 1.165) is 26.1 Å². The molecule has 2 aliphatic heterocycles. The van der Waals surface area contributed by atoms with Gasteiger partial charge in [0.15, 0.2) is 0 Å². The number of hydrogen-bond acceptors (Lipinski definition) is 3. The first-order valence-electron chi connectivity index (χ1n) is 4.35. The van der Waals surface area contributed by atoms with Gasteiger partial charge in [0, 0.05) is 31.9 Å². The second-order valence-corrected chi connectivity index (χ2v) is 4.39. The molecule has 2 rings (SSSR count). The first-order chi connectivity index (χ1) is 5.68. The Morgan fingerprint density at radius 3 is 3.00 bits per heavy atom. The third-order valence-corrected chi connectivity index (χ3v) is 3.14. The van der Waals surface area contributed by atoms with Crippen molar-refractivity contribution >= 4 is 18.5 Å². The minimum Gasteiger partial charge on any atom is -0.343 e. The molecule has 0 saturated carbocycles. The number of likely N-dealkylation sites (N-methyl/N-ethyl adjacent to an activating group) is 1. The van der Waals surface area contributed by atoms with Gasteiger partial charge in [-0.25, -0.2) is 0 Å². The van der Waals surface area contributed by atoms with Crippen LogP contribution < -0.4 is 0 Å². The van der Waals surface area contributed by atoms with Crippen LogP contribution in [0.25, 0.3) is 0 Å². The molecule has 68 valence electrons. The fraction of sp³-hybridized carbons (Fsp3) is 0.875. The van der Waals surface area contributed by atoms with Crippen molar-refractivity contribution in [1.82, 2.24) is 9.80 Å². The SMILES string of the molecule is CN1CCN2CC(S)CC2C1=O. The highest BCUT2D eigenvalue weighted by Crippen LogP contribution is 2.25. The van der Waals surface area contributed by atoms with Crippen molar-refractivity contribution in [3.05, 3.63) is 0 Å². The average Bonchev–Trinajstić information content (AvgIpc) is 2.39. The van der Waals surface area contributed by atoms with Crippen molar-refractivity contribution in [2.24, 2.45) is 0 Å². The van der Waals surface area contributed by atoms with Gasteiger partial charge in [0.25, 0.3) is 0 Å². The Labute approximate surface area is 78.1 Å². The van der Waals surface area contributed by atoms with Crippen LogP contribution in [-0.4, -0.2) is 53.7 Å². The van der Waals surface area contributed by atoms with E-state index in [0.29, 0.717) is 5.25 Å². The van der Waals surface area contributed by atoms with Crippen molar-refractivity contribution in [2.45, 2.75) is 17.7 Å². The van der Waals surface area contributed by atoms with Gasteiger partial charge in [-0.1, -0.05) is 0 Å². The number of carbonyl (C=O) groups is 1. The maximum Gasteiger partial charge on any atom is 0.239 e. The van der Waals surface area contributed by atoms with E-state index in [1.54, 1.807) is 0 Å². The highest BCUT2D eigenvalue weighted by Gasteiger charge is 2.39. The number of fused-ring (bicyclic) bond motifs is 1. The summed E-state index contributed by atoms with van der Waals surface area (Å²) in [4.78, 5) is 15.7. The maximum atomic E-state index is 11.6. The molecule has 4 heteroatoms. The molecule has 2 heterocycles. The van der Waals surface area contributed by atoms with Gasteiger partial charge in [-0.05, 0) is 6.42 Å². The molecule has 12 heavy (non-hydrogen) atoms. The summed E-state index contributed by atoms with van der Waals surface area (Å²) in [5, 5.41) is 0.394. The van der Waals surface area contributed by atoms with Gasteiger partial charge >= 0.3 is 0 Å². The van der Waals surface area contributed by atoms with Crippen LogP contribution in [0.15, 0.2) is 0 Å².